The molecule has 0 radical (unpaired) electrons. The molecule has 2 aromatic rings. The smallest absolute Gasteiger partial charge is 0.275 e. The van der Waals surface area contributed by atoms with Crippen LogP contribution in [0.4, 0.5) is 5.69 Å². The van der Waals surface area contributed by atoms with Crippen LogP contribution in [-0.4, -0.2) is 16.8 Å². The molecule has 1 fully saturated rings. The second-order valence-electron chi connectivity index (χ2n) is 4.52. The molecule has 1 aliphatic heterocycles. The number of benzene rings is 2. The molecule has 2 aromatic carbocycles. The first-order chi connectivity index (χ1) is 9.68. The number of hydrogen-bond donors (Lipinski definition) is 0. The molecule has 5 nitrogen and oxygen atoms in total. The summed E-state index contributed by atoms with van der Waals surface area (Å²) in [5.74, 6) is -0.145. The maximum atomic E-state index is 12.2. The lowest BCUT2D eigenvalue weighted by Gasteiger charge is -1.99. The van der Waals surface area contributed by atoms with Gasteiger partial charge in [-0.05, 0) is 6.07 Å². The Labute approximate surface area is 115 Å². The molecule has 20 heavy (non-hydrogen) atoms. The van der Waals surface area contributed by atoms with Gasteiger partial charge in [-0.1, -0.05) is 42.5 Å². The predicted octanol–water partition coefficient (Wildman–Crippen LogP) is 2.92. The number of ether oxygens (including phenoxy) is 1. The maximum absolute atomic E-state index is 12.2. The fourth-order valence-corrected chi connectivity index (χ4v) is 2.21. The average molecular weight is 269 g/mol. The van der Waals surface area contributed by atoms with Crippen molar-refractivity contribution in [3.05, 3.63) is 75.8 Å². The molecule has 0 spiro atoms. The Morgan fingerprint density at radius 2 is 1.70 bits per heavy atom. The Morgan fingerprint density at radius 3 is 2.40 bits per heavy atom. The van der Waals surface area contributed by atoms with Crippen LogP contribution in [0.1, 0.15) is 22.0 Å². The van der Waals surface area contributed by atoms with Crippen molar-refractivity contribution in [3.63, 3.8) is 0 Å². The fraction of sp³-hybridized carbons (Fsp3) is 0.133. The lowest BCUT2D eigenvalue weighted by Crippen LogP contribution is -2.08. The minimum Gasteiger partial charge on any atom is -0.355 e. The minimum absolute atomic E-state index is 0.0131. The van der Waals surface area contributed by atoms with Gasteiger partial charge in [0.15, 0.2) is 11.9 Å². The van der Waals surface area contributed by atoms with Gasteiger partial charge in [-0.3, -0.25) is 14.9 Å². The largest absolute Gasteiger partial charge is 0.355 e. The Balaban J connectivity index is 1.83. The molecular formula is C15H11NO4. The molecule has 0 unspecified atom stereocenters. The van der Waals surface area contributed by atoms with E-state index in [0.717, 1.165) is 0 Å². The SMILES string of the molecule is O=C(c1ccccc1)[C@@H]1O[C@@H]1c1ccccc1[N+](=O)[O-]. The lowest BCUT2D eigenvalue weighted by molar-refractivity contribution is -0.385. The number of nitrogens with zero attached hydrogens (tertiary/aromatic N) is 1. The second-order valence-corrected chi connectivity index (χ2v) is 4.52. The van der Waals surface area contributed by atoms with Crippen molar-refractivity contribution in [1.29, 1.82) is 0 Å². The Bertz CT molecular complexity index is 669. The first-order valence-electron chi connectivity index (χ1n) is 6.16. The van der Waals surface area contributed by atoms with E-state index in [9.17, 15) is 14.9 Å². The van der Waals surface area contributed by atoms with Crippen LogP contribution in [0.15, 0.2) is 54.6 Å². The molecule has 100 valence electrons. The van der Waals surface area contributed by atoms with Gasteiger partial charge in [0.2, 0.25) is 0 Å². The summed E-state index contributed by atoms with van der Waals surface area (Å²) >= 11 is 0. The first-order valence-corrected chi connectivity index (χ1v) is 6.16. The lowest BCUT2D eigenvalue weighted by atomic mass is 10.0. The Kier molecular flexibility index (Phi) is 3.04. The van der Waals surface area contributed by atoms with E-state index >= 15 is 0 Å². The number of rotatable bonds is 4. The van der Waals surface area contributed by atoms with Gasteiger partial charge in [-0.25, -0.2) is 0 Å². The van der Waals surface area contributed by atoms with Gasteiger partial charge in [-0.2, -0.15) is 0 Å². The van der Waals surface area contributed by atoms with Crippen molar-refractivity contribution >= 4 is 11.5 Å². The standard InChI is InChI=1S/C15H11NO4/c17-13(10-6-2-1-3-7-10)15-14(20-15)11-8-4-5-9-12(11)16(18)19/h1-9,14-15H/t14-,15+/m1/s1. The number of carbonyl (C=O) groups excluding carboxylic acids is 1. The molecule has 0 aliphatic carbocycles. The second kappa shape index (κ2) is 4.86. The van der Waals surface area contributed by atoms with E-state index in [2.05, 4.69) is 0 Å². The van der Waals surface area contributed by atoms with Crippen molar-refractivity contribution in [2.24, 2.45) is 0 Å². The average Bonchev–Trinajstić information content (AvgIpc) is 3.27. The van der Waals surface area contributed by atoms with E-state index in [1.807, 2.05) is 6.07 Å². The van der Waals surface area contributed by atoms with Crippen LogP contribution < -0.4 is 0 Å². The highest BCUT2D eigenvalue weighted by Gasteiger charge is 2.48. The summed E-state index contributed by atoms with van der Waals surface area (Å²) in [6, 6.07) is 15.1. The third-order valence-electron chi connectivity index (χ3n) is 3.25. The summed E-state index contributed by atoms with van der Waals surface area (Å²) in [5, 5.41) is 11.0. The van der Waals surface area contributed by atoms with Crippen molar-refractivity contribution in [2.75, 3.05) is 0 Å². The molecule has 0 saturated carbocycles. The van der Waals surface area contributed by atoms with Crippen LogP contribution in [0.3, 0.4) is 0 Å². The van der Waals surface area contributed by atoms with Crippen molar-refractivity contribution in [2.45, 2.75) is 12.2 Å². The van der Waals surface area contributed by atoms with Crippen molar-refractivity contribution < 1.29 is 14.5 Å². The first kappa shape index (κ1) is 12.5. The van der Waals surface area contributed by atoms with Gasteiger partial charge >= 0.3 is 0 Å². The van der Waals surface area contributed by atoms with Gasteiger partial charge in [0.25, 0.3) is 5.69 Å². The minimum atomic E-state index is -0.626. The monoisotopic (exact) mass is 269 g/mol. The molecule has 0 N–H and O–H groups in total. The molecular weight excluding hydrogens is 258 g/mol. The van der Waals surface area contributed by atoms with Crippen LogP contribution in [0.2, 0.25) is 0 Å². The highest BCUT2D eigenvalue weighted by atomic mass is 16.6. The van der Waals surface area contributed by atoms with Gasteiger partial charge < -0.3 is 4.74 Å². The molecule has 0 amide bonds. The zero-order chi connectivity index (χ0) is 14.1. The number of Topliss-reactive ketones (excluding diaryl/α,β-unsaturated/α-hetero) is 1. The van der Waals surface area contributed by atoms with Crippen molar-refractivity contribution in [1.82, 2.24) is 0 Å². The number of nitro groups is 1. The van der Waals surface area contributed by atoms with Crippen LogP contribution >= 0.6 is 0 Å². The van der Waals surface area contributed by atoms with Crippen LogP contribution in [0.25, 0.3) is 0 Å². The van der Waals surface area contributed by atoms with Gasteiger partial charge in [0.05, 0.1) is 10.5 Å². The summed E-state index contributed by atoms with van der Waals surface area (Å²) in [7, 11) is 0. The van der Waals surface area contributed by atoms with Gasteiger partial charge in [-0.15, -0.1) is 0 Å². The predicted molar refractivity (Wildman–Crippen MR) is 71.5 cm³/mol. The molecule has 3 rings (SSSR count). The summed E-state index contributed by atoms with van der Waals surface area (Å²) in [6.45, 7) is 0. The summed E-state index contributed by atoms with van der Waals surface area (Å²) in [5.41, 5.74) is 0.992. The third kappa shape index (κ3) is 2.19. The van der Waals surface area contributed by atoms with E-state index in [0.29, 0.717) is 11.1 Å². The van der Waals surface area contributed by atoms with Crippen molar-refractivity contribution in [3.8, 4) is 0 Å². The summed E-state index contributed by atoms with van der Waals surface area (Å²) < 4.78 is 5.36. The maximum Gasteiger partial charge on any atom is 0.275 e. The Morgan fingerprint density at radius 1 is 1.05 bits per heavy atom. The van der Waals surface area contributed by atoms with Gasteiger partial charge in [0, 0.05) is 11.6 Å². The topological polar surface area (TPSA) is 72.7 Å². The molecule has 0 bridgehead atoms. The normalized spacial score (nSPS) is 20.4. The zero-order valence-corrected chi connectivity index (χ0v) is 10.4. The van der Waals surface area contributed by atoms with Gasteiger partial charge in [0.1, 0.15) is 6.10 Å². The number of hydrogen-bond acceptors (Lipinski definition) is 4. The van der Waals surface area contributed by atoms with E-state index in [-0.39, 0.29) is 11.5 Å². The van der Waals surface area contributed by atoms with E-state index in [1.165, 1.54) is 6.07 Å². The van der Waals surface area contributed by atoms with Crippen LogP contribution in [-0.2, 0) is 4.74 Å². The molecule has 2 atom stereocenters. The van der Waals surface area contributed by atoms with E-state index < -0.39 is 17.1 Å². The highest BCUT2D eigenvalue weighted by molar-refractivity contribution is 6.01. The number of ketones is 1. The van der Waals surface area contributed by atoms with Crippen LogP contribution in [0.5, 0.6) is 0 Å². The number of carbonyl (C=O) groups is 1. The van der Waals surface area contributed by atoms with E-state index in [1.54, 1.807) is 42.5 Å². The molecule has 5 heteroatoms. The Hall–Kier alpha value is -2.53. The quantitative estimate of drug-likeness (QED) is 0.370. The summed E-state index contributed by atoms with van der Waals surface area (Å²) in [4.78, 5) is 22.7. The zero-order valence-electron chi connectivity index (χ0n) is 10.4. The number of epoxide rings is 1. The number of para-hydroxylation sites is 1. The molecule has 1 heterocycles. The number of nitro benzene ring substituents is 1. The van der Waals surface area contributed by atoms with Crippen LogP contribution in [0, 0.1) is 10.1 Å². The van der Waals surface area contributed by atoms with E-state index in [4.69, 9.17) is 4.74 Å². The summed E-state index contributed by atoms with van der Waals surface area (Å²) in [6.07, 6.45) is -1.15. The molecule has 1 saturated heterocycles. The third-order valence-corrected chi connectivity index (χ3v) is 3.25. The fourth-order valence-electron chi connectivity index (χ4n) is 2.21. The highest BCUT2D eigenvalue weighted by Crippen LogP contribution is 2.44. The molecule has 1 aliphatic rings. The molecule has 0 aromatic heterocycles.